The Morgan fingerprint density at radius 2 is 1.71 bits per heavy atom. The largest absolute Gasteiger partial charge is 0.478 e. The van der Waals surface area contributed by atoms with Crippen molar-refractivity contribution in [1.29, 1.82) is 0 Å². The fourth-order valence-corrected chi connectivity index (χ4v) is 3.53. The summed E-state index contributed by atoms with van der Waals surface area (Å²) in [5, 5.41) is 26.8. The lowest BCUT2D eigenvalue weighted by Crippen LogP contribution is -2.46. The van der Waals surface area contributed by atoms with Crippen LogP contribution in [0.2, 0.25) is 0 Å². The summed E-state index contributed by atoms with van der Waals surface area (Å²) < 4.78 is 0. The molecule has 28 heavy (non-hydrogen) atoms. The molecule has 1 saturated heterocycles. The third-order valence-corrected chi connectivity index (χ3v) is 4.82. The molecule has 1 fully saturated rings. The predicted octanol–water partition coefficient (Wildman–Crippen LogP) is 2.50. The van der Waals surface area contributed by atoms with Crippen LogP contribution in [-0.2, 0) is 9.59 Å². The predicted molar refractivity (Wildman–Crippen MR) is 109 cm³/mol. The lowest BCUT2D eigenvalue weighted by Gasteiger charge is -2.30. The van der Waals surface area contributed by atoms with E-state index in [0.717, 1.165) is 49.1 Å². The Balaban J connectivity index is 0.000000242. The van der Waals surface area contributed by atoms with Gasteiger partial charge in [-0.15, -0.1) is 11.3 Å². The first-order valence-electron chi connectivity index (χ1n) is 8.65. The zero-order chi connectivity index (χ0) is 19.9. The molecule has 0 unspecified atom stereocenters. The Morgan fingerprint density at radius 1 is 1.04 bits per heavy atom. The number of carbonyl (C=O) groups is 2. The van der Waals surface area contributed by atoms with Crippen LogP contribution in [0.5, 0.6) is 0 Å². The smallest absolute Gasteiger partial charge is 0.328 e. The number of piperazine rings is 1. The normalized spacial score (nSPS) is 15.3. The molecular weight excluding hydrogens is 380 g/mol. The number of para-hydroxylation sites is 1. The van der Waals surface area contributed by atoms with Crippen LogP contribution in [0.3, 0.4) is 0 Å². The summed E-state index contributed by atoms with van der Waals surface area (Å²) in [6.07, 6.45) is 1.12. The Morgan fingerprint density at radius 3 is 2.39 bits per heavy atom. The number of aliphatic carboxylic acids is 2. The van der Waals surface area contributed by atoms with Gasteiger partial charge in [-0.05, 0) is 12.1 Å². The van der Waals surface area contributed by atoms with Gasteiger partial charge in [0, 0.05) is 60.3 Å². The van der Waals surface area contributed by atoms with E-state index in [1.54, 1.807) is 11.3 Å². The fourth-order valence-electron chi connectivity index (χ4n) is 2.84. The molecule has 1 aromatic heterocycles. The summed E-state index contributed by atoms with van der Waals surface area (Å²) in [5.41, 5.74) is 4.48. The quantitative estimate of drug-likeness (QED) is 0.573. The number of carboxylic acids is 2. The molecule has 0 aliphatic carbocycles. The van der Waals surface area contributed by atoms with Gasteiger partial charge in [-0.25, -0.2) is 14.6 Å². The summed E-state index contributed by atoms with van der Waals surface area (Å²) in [7, 11) is 0. The van der Waals surface area contributed by atoms with E-state index < -0.39 is 11.9 Å². The van der Waals surface area contributed by atoms with Crippen molar-refractivity contribution in [1.82, 2.24) is 10.2 Å². The number of carboxylic acid groups (broad SMARTS) is 2. The molecule has 4 N–H and O–H groups in total. The van der Waals surface area contributed by atoms with E-state index in [1.165, 1.54) is 5.56 Å². The van der Waals surface area contributed by atoms with Gasteiger partial charge in [0.25, 0.3) is 0 Å². The molecular formula is C19H20N4O4S. The summed E-state index contributed by atoms with van der Waals surface area (Å²) in [5.74, 6) is -1.42. The maximum absolute atomic E-state index is 9.55. The summed E-state index contributed by atoms with van der Waals surface area (Å²) >= 11 is 1.69. The summed E-state index contributed by atoms with van der Waals surface area (Å²) in [6.45, 7) is 4.05. The van der Waals surface area contributed by atoms with Crippen LogP contribution < -0.4 is 10.6 Å². The van der Waals surface area contributed by atoms with Crippen LogP contribution in [-0.4, -0.2) is 59.1 Å². The lowest BCUT2D eigenvalue weighted by molar-refractivity contribution is -0.134. The lowest BCUT2D eigenvalue weighted by atomic mass is 10.1. The topological polar surface area (TPSA) is 114 Å². The minimum atomic E-state index is -1.26. The first-order chi connectivity index (χ1) is 13.5. The number of anilines is 2. The van der Waals surface area contributed by atoms with Gasteiger partial charge in [-0.2, -0.15) is 0 Å². The maximum Gasteiger partial charge on any atom is 0.328 e. The van der Waals surface area contributed by atoms with Gasteiger partial charge in [0.1, 0.15) is 5.84 Å². The molecule has 4 rings (SSSR count). The van der Waals surface area contributed by atoms with Gasteiger partial charge in [0.2, 0.25) is 0 Å². The highest BCUT2D eigenvalue weighted by Gasteiger charge is 2.22. The van der Waals surface area contributed by atoms with Crippen LogP contribution in [0, 0.1) is 0 Å². The van der Waals surface area contributed by atoms with Crippen molar-refractivity contribution in [3.8, 4) is 0 Å². The monoisotopic (exact) mass is 400 g/mol. The third-order valence-electron chi connectivity index (χ3n) is 4.09. The second kappa shape index (κ2) is 9.16. The van der Waals surface area contributed by atoms with E-state index in [-0.39, 0.29) is 0 Å². The first-order valence-corrected chi connectivity index (χ1v) is 9.60. The zero-order valence-electron chi connectivity index (χ0n) is 15.0. The number of rotatable bonds is 2. The first kappa shape index (κ1) is 19.6. The van der Waals surface area contributed by atoms with Crippen LogP contribution in [0.25, 0.3) is 0 Å². The number of benzene rings is 1. The highest BCUT2D eigenvalue weighted by atomic mass is 32.1. The van der Waals surface area contributed by atoms with E-state index in [1.807, 2.05) is 0 Å². The van der Waals surface area contributed by atoms with Crippen molar-refractivity contribution in [2.24, 2.45) is 4.99 Å². The van der Waals surface area contributed by atoms with E-state index >= 15 is 0 Å². The number of amidine groups is 1. The molecule has 0 saturated carbocycles. The average Bonchev–Trinajstić information content (AvgIpc) is 3.06. The fraction of sp³-hybridized carbons (Fsp3) is 0.211. The molecule has 0 amide bonds. The number of nitrogens with one attached hydrogen (secondary N) is 2. The van der Waals surface area contributed by atoms with Gasteiger partial charge in [0.15, 0.2) is 0 Å². The molecule has 2 aliphatic rings. The summed E-state index contributed by atoms with van der Waals surface area (Å²) in [4.78, 5) is 26.4. The van der Waals surface area contributed by atoms with Crippen LogP contribution in [0.15, 0.2) is 52.2 Å². The van der Waals surface area contributed by atoms with E-state index in [9.17, 15) is 9.59 Å². The number of thiophene rings is 1. The SMILES string of the molecule is O=C(O)/C=C/C(=O)O.c1ccc2c(c1)Nc1cscc1N=C2N1CCNCC1. The van der Waals surface area contributed by atoms with Crippen LogP contribution in [0.1, 0.15) is 5.56 Å². The number of hydrogen-bond donors (Lipinski definition) is 4. The molecule has 0 radical (unpaired) electrons. The highest BCUT2D eigenvalue weighted by Crippen LogP contribution is 2.37. The number of aliphatic imine (C=N–C) groups is 1. The van der Waals surface area contributed by atoms with Gasteiger partial charge in [0.05, 0.1) is 11.4 Å². The Hall–Kier alpha value is -3.17. The Labute approximate surface area is 165 Å². The molecule has 2 aromatic rings. The van der Waals surface area contributed by atoms with Crippen molar-refractivity contribution in [3.05, 3.63) is 52.7 Å². The molecule has 0 atom stereocenters. The molecule has 1 aromatic carbocycles. The van der Waals surface area contributed by atoms with E-state index in [2.05, 4.69) is 50.6 Å². The molecule has 9 heteroatoms. The van der Waals surface area contributed by atoms with E-state index in [0.29, 0.717) is 12.2 Å². The number of nitrogens with zero attached hydrogens (tertiary/aromatic N) is 2. The molecule has 0 spiro atoms. The molecule has 146 valence electrons. The van der Waals surface area contributed by atoms with Crippen molar-refractivity contribution in [2.75, 3.05) is 31.5 Å². The third kappa shape index (κ3) is 4.96. The van der Waals surface area contributed by atoms with Gasteiger partial charge < -0.3 is 25.7 Å². The maximum atomic E-state index is 9.55. The molecule has 2 aliphatic heterocycles. The average molecular weight is 400 g/mol. The zero-order valence-corrected chi connectivity index (χ0v) is 15.8. The van der Waals surface area contributed by atoms with Crippen molar-refractivity contribution in [3.63, 3.8) is 0 Å². The minimum absolute atomic E-state index is 0.558. The molecule has 8 nitrogen and oxygen atoms in total. The van der Waals surface area contributed by atoms with Crippen molar-refractivity contribution >= 4 is 46.2 Å². The molecule has 3 heterocycles. The second-order valence-corrected chi connectivity index (χ2v) is 6.77. The second-order valence-electron chi connectivity index (χ2n) is 6.02. The minimum Gasteiger partial charge on any atom is -0.478 e. The van der Waals surface area contributed by atoms with Crippen LogP contribution in [0.4, 0.5) is 17.1 Å². The van der Waals surface area contributed by atoms with Crippen molar-refractivity contribution < 1.29 is 19.8 Å². The Bertz CT molecular complexity index is 900. The Kier molecular flexibility index (Phi) is 6.41. The standard InChI is InChI=1S/C15H16N4S.C4H4O4/c1-2-4-12-11(3-1)15(19-7-5-16-6-8-19)18-14-10-20-9-13(14)17-12;5-3(6)1-2-4(7)8/h1-4,9-10,16-17H,5-8H2;1-2H,(H,5,6)(H,7,8)/b;2-1+. The number of hydrogen-bond acceptors (Lipinski definition) is 7. The molecule has 0 bridgehead atoms. The van der Waals surface area contributed by atoms with E-state index in [4.69, 9.17) is 15.2 Å². The number of fused-ring (bicyclic) bond motifs is 2. The van der Waals surface area contributed by atoms with Gasteiger partial charge >= 0.3 is 11.9 Å². The highest BCUT2D eigenvalue weighted by molar-refractivity contribution is 7.08. The van der Waals surface area contributed by atoms with Gasteiger partial charge in [-0.1, -0.05) is 12.1 Å². The van der Waals surface area contributed by atoms with Gasteiger partial charge in [-0.3, -0.25) is 0 Å². The summed E-state index contributed by atoms with van der Waals surface area (Å²) in [6, 6.07) is 8.42. The van der Waals surface area contributed by atoms with Crippen LogP contribution >= 0.6 is 11.3 Å². The van der Waals surface area contributed by atoms with Crippen molar-refractivity contribution in [2.45, 2.75) is 0 Å².